The smallest absolute Gasteiger partial charge is 0.307 e. The summed E-state index contributed by atoms with van der Waals surface area (Å²) in [5.41, 5.74) is 1.75. The predicted octanol–water partition coefficient (Wildman–Crippen LogP) is 5.54. The van der Waals surface area contributed by atoms with Crippen LogP contribution in [0.2, 0.25) is 5.02 Å². The van der Waals surface area contributed by atoms with Gasteiger partial charge in [-0.2, -0.15) is 0 Å². The second-order valence-electron chi connectivity index (χ2n) is 8.83. The van der Waals surface area contributed by atoms with Gasteiger partial charge >= 0.3 is 5.97 Å². The molecule has 2 aromatic carbocycles. The summed E-state index contributed by atoms with van der Waals surface area (Å²) in [6.07, 6.45) is 4.36. The molecule has 5 nitrogen and oxygen atoms in total. The minimum atomic E-state index is -0.444. The summed E-state index contributed by atoms with van der Waals surface area (Å²) in [5.74, 6) is 0.652. The van der Waals surface area contributed by atoms with Crippen LogP contribution < -0.4 is 4.74 Å². The zero-order valence-electron chi connectivity index (χ0n) is 19.1. The maximum atomic E-state index is 12.0. The number of morpholine rings is 1. The molecule has 2 aromatic rings. The van der Waals surface area contributed by atoms with Gasteiger partial charge in [-0.3, -0.25) is 9.69 Å². The van der Waals surface area contributed by atoms with E-state index in [0.717, 1.165) is 35.0 Å². The summed E-state index contributed by atoms with van der Waals surface area (Å²) in [5, 5.41) is 0.728. The number of rotatable bonds is 8. The van der Waals surface area contributed by atoms with E-state index in [1.807, 2.05) is 81.5 Å². The second kappa shape index (κ2) is 11.5. The highest BCUT2D eigenvalue weighted by molar-refractivity contribution is 6.30. The Kier molecular flexibility index (Phi) is 8.74. The van der Waals surface area contributed by atoms with E-state index in [1.54, 1.807) is 0 Å². The number of ether oxygens (including phenoxy) is 3. The van der Waals surface area contributed by atoms with Gasteiger partial charge in [-0.25, -0.2) is 0 Å². The second-order valence-corrected chi connectivity index (χ2v) is 9.27. The number of nitrogens with zero attached hydrogens (tertiary/aromatic N) is 1. The number of esters is 1. The SMILES string of the molecule is CC(C)(C)OC(=O)CCN1CCOC(c2ccc(OC/C=C/c3ccc(Cl)cc3)cc2)C1. The Balaban J connectivity index is 1.44. The quantitative estimate of drug-likeness (QED) is 0.487. The Morgan fingerprint density at radius 2 is 1.88 bits per heavy atom. The van der Waals surface area contributed by atoms with Crippen LogP contribution in [0.5, 0.6) is 5.75 Å². The topological polar surface area (TPSA) is 48.0 Å². The average Bonchev–Trinajstić information content (AvgIpc) is 2.76. The molecule has 172 valence electrons. The molecule has 0 aromatic heterocycles. The van der Waals surface area contributed by atoms with Crippen LogP contribution in [-0.4, -0.2) is 49.3 Å². The molecule has 0 amide bonds. The van der Waals surface area contributed by atoms with Crippen LogP contribution in [0.25, 0.3) is 6.08 Å². The van der Waals surface area contributed by atoms with Gasteiger partial charge in [-0.15, -0.1) is 0 Å². The zero-order chi connectivity index (χ0) is 23.0. The molecule has 6 heteroatoms. The van der Waals surface area contributed by atoms with Crippen LogP contribution >= 0.6 is 11.6 Å². The minimum absolute atomic E-state index is 0.0127. The maximum Gasteiger partial charge on any atom is 0.307 e. The molecule has 32 heavy (non-hydrogen) atoms. The Bertz CT molecular complexity index is 888. The molecule has 1 heterocycles. The zero-order valence-corrected chi connectivity index (χ0v) is 19.8. The van der Waals surface area contributed by atoms with Gasteiger partial charge in [0.1, 0.15) is 18.0 Å². The van der Waals surface area contributed by atoms with Gasteiger partial charge in [0.25, 0.3) is 0 Å². The van der Waals surface area contributed by atoms with Crippen molar-refractivity contribution in [2.75, 3.05) is 32.8 Å². The molecule has 1 saturated heterocycles. The van der Waals surface area contributed by atoms with Crippen molar-refractivity contribution in [2.24, 2.45) is 0 Å². The van der Waals surface area contributed by atoms with Gasteiger partial charge in [-0.1, -0.05) is 41.9 Å². The van der Waals surface area contributed by atoms with Crippen molar-refractivity contribution in [2.45, 2.75) is 38.9 Å². The number of hydrogen-bond donors (Lipinski definition) is 0. The van der Waals surface area contributed by atoms with E-state index in [1.165, 1.54) is 0 Å². The molecule has 3 rings (SSSR count). The number of hydrogen-bond acceptors (Lipinski definition) is 5. The third-order valence-corrected chi connectivity index (χ3v) is 5.23. The molecule has 0 aliphatic carbocycles. The van der Waals surface area contributed by atoms with Gasteiger partial charge in [0.05, 0.1) is 19.1 Å². The molecule has 1 fully saturated rings. The number of benzene rings is 2. The highest BCUT2D eigenvalue weighted by Crippen LogP contribution is 2.24. The van der Waals surface area contributed by atoms with Crippen LogP contribution in [0.15, 0.2) is 54.6 Å². The fraction of sp³-hybridized carbons (Fsp3) is 0.423. The lowest BCUT2D eigenvalue weighted by Gasteiger charge is -2.33. The summed E-state index contributed by atoms with van der Waals surface area (Å²) in [7, 11) is 0. The maximum absolute atomic E-state index is 12.0. The van der Waals surface area contributed by atoms with Gasteiger partial charge in [0.2, 0.25) is 0 Å². The molecule has 0 N–H and O–H groups in total. The molecule has 0 radical (unpaired) electrons. The van der Waals surface area contributed by atoms with Crippen molar-refractivity contribution in [3.8, 4) is 5.75 Å². The number of carbonyl (C=O) groups is 1. The monoisotopic (exact) mass is 457 g/mol. The molecule has 1 unspecified atom stereocenters. The standard InChI is InChI=1S/C26H32ClNO4/c1-26(2,3)32-25(29)14-15-28-16-18-31-24(19-28)21-8-12-23(13-9-21)30-17-4-5-20-6-10-22(27)11-7-20/h4-13,24H,14-19H2,1-3H3/b5-4+. The summed E-state index contributed by atoms with van der Waals surface area (Å²) >= 11 is 5.90. The first-order valence-electron chi connectivity index (χ1n) is 11.0. The third-order valence-electron chi connectivity index (χ3n) is 4.98. The Hall–Kier alpha value is -2.34. The average molecular weight is 458 g/mol. The molecule has 1 atom stereocenters. The van der Waals surface area contributed by atoms with Crippen molar-refractivity contribution in [1.29, 1.82) is 0 Å². The van der Waals surface area contributed by atoms with Gasteiger partial charge in [0.15, 0.2) is 0 Å². The van der Waals surface area contributed by atoms with Crippen molar-refractivity contribution in [3.05, 3.63) is 70.8 Å². The van der Waals surface area contributed by atoms with Crippen LogP contribution in [0.4, 0.5) is 0 Å². The van der Waals surface area contributed by atoms with Crippen molar-refractivity contribution < 1.29 is 19.0 Å². The van der Waals surface area contributed by atoms with E-state index in [9.17, 15) is 4.79 Å². The highest BCUT2D eigenvalue weighted by Gasteiger charge is 2.23. The fourth-order valence-electron chi connectivity index (χ4n) is 3.43. The fourth-order valence-corrected chi connectivity index (χ4v) is 3.56. The third kappa shape index (κ3) is 8.30. The number of halogens is 1. The molecule has 1 aliphatic heterocycles. The molecule has 0 saturated carbocycles. The molecule has 0 spiro atoms. The lowest BCUT2D eigenvalue weighted by Crippen LogP contribution is -2.39. The molecule has 1 aliphatic rings. The van der Waals surface area contributed by atoms with Crippen LogP contribution in [0, 0.1) is 0 Å². The predicted molar refractivity (Wildman–Crippen MR) is 128 cm³/mol. The largest absolute Gasteiger partial charge is 0.490 e. The first kappa shape index (κ1) is 24.3. The van der Waals surface area contributed by atoms with Gasteiger partial charge < -0.3 is 14.2 Å². The summed E-state index contributed by atoms with van der Waals surface area (Å²) < 4.78 is 17.2. The van der Waals surface area contributed by atoms with E-state index >= 15 is 0 Å². The summed E-state index contributed by atoms with van der Waals surface area (Å²) in [4.78, 5) is 14.2. The molecule has 0 bridgehead atoms. The Morgan fingerprint density at radius 3 is 2.56 bits per heavy atom. The number of carbonyl (C=O) groups excluding carboxylic acids is 1. The van der Waals surface area contributed by atoms with Crippen molar-refractivity contribution in [1.82, 2.24) is 4.90 Å². The lowest BCUT2D eigenvalue weighted by molar-refractivity contribution is -0.155. The minimum Gasteiger partial charge on any atom is -0.490 e. The molecular formula is C26H32ClNO4. The van der Waals surface area contributed by atoms with E-state index in [4.69, 9.17) is 25.8 Å². The Morgan fingerprint density at radius 1 is 1.16 bits per heavy atom. The first-order chi connectivity index (χ1) is 15.3. The van der Waals surface area contributed by atoms with E-state index in [-0.39, 0.29) is 12.1 Å². The van der Waals surface area contributed by atoms with E-state index in [0.29, 0.717) is 26.2 Å². The molecular weight excluding hydrogens is 426 g/mol. The lowest BCUT2D eigenvalue weighted by atomic mass is 10.1. The van der Waals surface area contributed by atoms with Crippen LogP contribution in [0.3, 0.4) is 0 Å². The normalized spacial score (nSPS) is 17.4. The van der Waals surface area contributed by atoms with Crippen molar-refractivity contribution >= 4 is 23.6 Å². The summed E-state index contributed by atoms with van der Waals surface area (Å²) in [6, 6.07) is 15.7. The summed E-state index contributed by atoms with van der Waals surface area (Å²) in [6.45, 7) is 9.05. The van der Waals surface area contributed by atoms with E-state index < -0.39 is 5.60 Å². The van der Waals surface area contributed by atoms with Gasteiger partial charge in [-0.05, 0) is 62.2 Å². The van der Waals surface area contributed by atoms with Gasteiger partial charge in [0, 0.05) is 24.7 Å². The van der Waals surface area contributed by atoms with Crippen molar-refractivity contribution in [3.63, 3.8) is 0 Å². The first-order valence-corrected chi connectivity index (χ1v) is 11.4. The van der Waals surface area contributed by atoms with E-state index in [2.05, 4.69) is 4.90 Å². The van der Waals surface area contributed by atoms with Crippen LogP contribution in [-0.2, 0) is 14.3 Å². The van der Waals surface area contributed by atoms with Crippen LogP contribution in [0.1, 0.15) is 44.4 Å². The highest BCUT2D eigenvalue weighted by atomic mass is 35.5. The Labute approximate surface area is 195 Å².